The van der Waals surface area contributed by atoms with E-state index in [1.807, 2.05) is 0 Å². The number of hydrogen-bond acceptors (Lipinski definition) is 1. The quantitative estimate of drug-likeness (QED) is 0.727. The fourth-order valence-electron chi connectivity index (χ4n) is 1.47. The molecule has 88 valence electrons. The van der Waals surface area contributed by atoms with Gasteiger partial charge in [0.15, 0.2) is 0 Å². The van der Waals surface area contributed by atoms with Crippen LogP contribution in [0.2, 0.25) is 10.0 Å². The van der Waals surface area contributed by atoms with Crippen LogP contribution < -0.4 is 5.56 Å². The van der Waals surface area contributed by atoms with Crippen molar-refractivity contribution in [1.29, 1.82) is 0 Å². The smallest absolute Gasteiger partial charge is 0.250 e. The molecular weight excluding hydrogens is 372 g/mol. The lowest BCUT2D eigenvalue weighted by molar-refractivity contribution is 0.756. The van der Waals surface area contributed by atoms with Crippen molar-refractivity contribution < 1.29 is 0 Å². The topological polar surface area (TPSA) is 22.0 Å². The zero-order valence-electron chi connectivity index (χ0n) is 8.66. The summed E-state index contributed by atoms with van der Waals surface area (Å²) in [7, 11) is 0. The van der Waals surface area contributed by atoms with Gasteiger partial charge in [-0.25, -0.2) is 0 Å². The molecule has 1 aromatic heterocycles. The van der Waals surface area contributed by atoms with Gasteiger partial charge < -0.3 is 4.57 Å². The fraction of sp³-hybridized carbons (Fsp3) is 0.0833. The van der Waals surface area contributed by atoms with Crippen molar-refractivity contribution in [1.82, 2.24) is 4.57 Å². The van der Waals surface area contributed by atoms with Gasteiger partial charge in [-0.15, -0.1) is 0 Å². The Hall–Kier alpha value is -0.520. The molecular formula is C12H8Cl2INO. The maximum atomic E-state index is 11.7. The van der Waals surface area contributed by atoms with Crippen molar-refractivity contribution in [3.63, 3.8) is 0 Å². The first kappa shape index (κ1) is 12.9. The van der Waals surface area contributed by atoms with Gasteiger partial charge in [0.25, 0.3) is 5.56 Å². The molecule has 0 amide bonds. The fourth-order valence-corrected chi connectivity index (χ4v) is 2.36. The zero-order valence-corrected chi connectivity index (χ0v) is 12.3. The predicted molar refractivity (Wildman–Crippen MR) is 79.0 cm³/mol. The molecule has 0 radical (unpaired) electrons. The molecule has 0 unspecified atom stereocenters. The summed E-state index contributed by atoms with van der Waals surface area (Å²) in [5.74, 6) is 0. The lowest BCUT2D eigenvalue weighted by Crippen LogP contribution is -2.19. The van der Waals surface area contributed by atoms with Crippen molar-refractivity contribution in [3.05, 3.63) is 66.1 Å². The van der Waals surface area contributed by atoms with Crippen LogP contribution in [0.1, 0.15) is 5.56 Å². The molecule has 0 aliphatic heterocycles. The van der Waals surface area contributed by atoms with E-state index in [9.17, 15) is 4.79 Å². The average Bonchev–Trinajstić information content (AvgIpc) is 2.28. The summed E-state index contributed by atoms with van der Waals surface area (Å²) in [6.07, 6.45) is 1.79. The van der Waals surface area contributed by atoms with Crippen LogP contribution in [0.15, 0.2) is 41.3 Å². The summed E-state index contributed by atoms with van der Waals surface area (Å²) in [5.41, 5.74) is 0.782. The van der Waals surface area contributed by atoms with Crippen LogP contribution in [-0.4, -0.2) is 4.57 Å². The Morgan fingerprint density at radius 1 is 1.18 bits per heavy atom. The number of aromatic nitrogens is 1. The van der Waals surface area contributed by atoms with Crippen LogP contribution in [0.4, 0.5) is 0 Å². The molecule has 0 atom stereocenters. The highest BCUT2D eigenvalue weighted by Crippen LogP contribution is 2.21. The Kier molecular flexibility index (Phi) is 4.12. The summed E-state index contributed by atoms with van der Waals surface area (Å²) in [6.45, 7) is 0.426. The molecule has 0 bridgehead atoms. The van der Waals surface area contributed by atoms with Gasteiger partial charge >= 0.3 is 0 Å². The van der Waals surface area contributed by atoms with E-state index < -0.39 is 0 Å². The van der Waals surface area contributed by atoms with Gasteiger partial charge in [-0.3, -0.25) is 4.79 Å². The second-order valence-electron chi connectivity index (χ2n) is 3.55. The average molecular weight is 380 g/mol. The van der Waals surface area contributed by atoms with Crippen molar-refractivity contribution in [2.45, 2.75) is 6.54 Å². The summed E-state index contributed by atoms with van der Waals surface area (Å²) in [5, 5.41) is 1.23. The third-order valence-corrected chi connectivity index (χ3v) is 3.54. The van der Waals surface area contributed by atoms with Crippen LogP contribution in [0.3, 0.4) is 0 Å². The SMILES string of the molecule is O=c1ccc(I)cn1Cc1cc(Cl)ccc1Cl. The molecule has 0 N–H and O–H groups in total. The Morgan fingerprint density at radius 2 is 1.94 bits per heavy atom. The highest BCUT2D eigenvalue weighted by atomic mass is 127. The van der Waals surface area contributed by atoms with E-state index >= 15 is 0 Å². The van der Waals surface area contributed by atoms with Gasteiger partial charge in [-0.05, 0) is 52.4 Å². The number of halogens is 3. The molecule has 0 spiro atoms. The largest absolute Gasteiger partial charge is 0.310 e. The van der Waals surface area contributed by atoms with Crippen LogP contribution >= 0.6 is 45.8 Å². The second kappa shape index (κ2) is 5.42. The van der Waals surface area contributed by atoms with Gasteiger partial charge in [0, 0.05) is 25.9 Å². The number of rotatable bonds is 2. The van der Waals surface area contributed by atoms with Gasteiger partial charge in [-0.2, -0.15) is 0 Å². The van der Waals surface area contributed by atoms with Gasteiger partial charge in [0.05, 0.1) is 6.54 Å². The molecule has 17 heavy (non-hydrogen) atoms. The highest BCUT2D eigenvalue weighted by molar-refractivity contribution is 14.1. The zero-order chi connectivity index (χ0) is 12.4. The second-order valence-corrected chi connectivity index (χ2v) is 5.64. The van der Waals surface area contributed by atoms with Gasteiger partial charge in [-0.1, -0.05) is 23.2 Å². The highest BCUT2D eigenvalue weighted by Gasteiger charge is 2.04. The third kappa shape index (κ3) is 3.24. The van der Waals surface area contributed by atoms with Gasteiger partial charge in [0.1, 0.15) is 0 Å². The van der Waals surface area contributed by atoms with Crippen molar-refractivity contribution in [2.24, 2.45) is 0 Å². The Labute approximate surface area is 122 Å². The Morgan fingerprint density at radius 3 is 2.71 bits per heavy atom. The van der Waals surface area contributed by atoms with Crippen molar-refractivity contribution in [2.75, 3.05) is 0 Å². The number of pyridine rings is 1. The molecule has 0 fully saturated rings. The van der Waals surface area contributed by atoms with Crippen molar-refractivity contribution >= 4 is 45.8 Å². The molecule has 5 heteroatoms. The lowest BCUT2D eigenvalue weighted by atomic mass is 10.2. The van der Waals surface area contributed by atoms with Crippen LogP contribution in [0.5, 0.6) is 0 Å². The molecule has 2 aromatic rings. The van der Waals surface area contributed by atoms with Gasteiger partial charge in [0.2, 0.25) is 0 Å². The summed E-state index contributed by atoms with van der Waals surface area (Å²) < 4.78 is 2.61. The first-order chi connectivity index (χ1) is 8.06. The number of hydrogen-bond donors (Lipinski definition) is 0. The minimum Gasteiger partial charge on any atom is -0.310 e. The first-order valence-corrected chi connectivity index (χ1v) is 6.69. The minimum atomic E-state index is -0.0542. The van der Waals surface area contributed by atoms with E-state index in [0.29, 0.717) is 16.6 Å². The monoisotopic (exact) mass is 379 g/mol. The maximum absolute atomic E-state index is 11.7. The van der Waals surface area contributed by atoms with E-state index in [0.717, 1.165) is 9.13 Å². The Bertz CT molecular complexity index is 610. The van der Waals surface area contributed by atoms with E-state index in [1.54, 1.807) is 41.1 Å². The standard InChI is InChI=1S/C12H8Cl2INO/c13-9-1-3-11(14)8(5-9)6-16-7-10(15)2-4-12(16)17/h1-5,7H,6H2. The molecule has 0 saturated carbocycles. The molecule has 0 aliphatic carbocycles. The summed E-state index contributed by atoms with van der Waals surface area (Å²) >= 11 is 14.1. The molecule has 1 heterocycles. The predicted octanol–water partition coefficient (Wildman–Crippen LogP) is 3.81. The van der Waals surface area contributed by atoms with E-state index in [-0.39, 0.29) is 5.56 Å². The van der Waals surface area contributed by atoms with Crippen LogP contribution in [0, 0.1) is 3.57 Å². The van der Waals surface area contributed by atoms with E-state index in [2.05, 4.69) is 22.6 Å². The van der Waals surface area contributed by atoms with Crippen LogP contribution in [0.25, 0.3) is 0 Å². The van der Waals surface area contributed by atoms with E-state index in [4.69, 9.17) is 23.2 Å². The summed E-state index contributed by atoms with van der Waals surface area (Å²) in [6, 6.07) is 8.55. The molecule has 2 rings (SSSR count). The van der Waals surface area contributed by atoms with Crippen LogP contribution in [-0.2, 0) is 6.54 Å². The lowest BCUT2D eigenvalue weighted by Gasteiger charge is -2.08. The molecule has 1 aromatic carbocycles. The third-order valence-electron chi connectivity index (χ3n) is 2.30. The Balaban J connectivity index is 2.41. The number of nitrogens with zero attached hydrogens (tertiary/aromatic N) is 1. The molecule has 0 saturated heterocycles. The first-order valence-electron chi connectivity index (χ1n) is 4.86. The number of benzene rings is 1. The minimum absolute atomic E-state index is 0.0542. The normalized spacial score (nSPS) is 10.5. The summed E-state index contributed by atoms with van der Waals surface area (Å²) in [4.78, 5) is 11.7. The van der Waals surface area contributed by atoms with E-state index in [1.165, 1.54) is 0 Å². The van der Waals surface area contributed by atoms with Crippen molar-refractivity contribution in [3.8, 4) is 0 Å². The molecule has 0 aliphatic rings. The molecule has 2 nitrogen and oxygen atoms in total. The maximum Gasteiger partial charge on any atom is 0.250 e.